The van der Waals surface area contributed by atoms with Crippen molar-refractivity contribution in [1.29, 1.82) is 0 Å². The molecular formula is C24H35N3O4. The fraction of sp³-hybridized carbons (Fsp3) is 0.625. The molecule has 0 aliphatic carbocycles. The van der Waals surface area contributed by atoms with Crippen LogP contribution in [0.25, 0.3) is 0 Å². The van der Waals surface area contributed by atoms with E-state index in [1.807, 2.05) is 56.6 Å². The summed E-state index contributed by atoms with van der Waals surface area (Å²) in [6.07, 6.45) is 1.29. The molecule has 3 rings (SSSR count). The maximum absolute atomic E-state index is 13.1. The lowest BCUT2D eigenvalue weighted by Gasteiger charge is -2.39. The van der Waals surface area contributed by atoms with E-state index in [0.29, 0.717) is 44.8 Å². The molecule has 170 valence electrons. The number of piperidine rings is 1. The summed E-state index contributed by atoms with van der Waals surface area (Å²) in [6, 6.07) is 5.88. The molecule has 1 atom stereocenters. The Labute approximate surface area is 185 Å². The number of ether oxygens (including phenoxy) is 1. The molecule has 1 aromatic rings. The first-order valence-corrected chi connectivity index (χ1v) is 11.2. The maximum Gasteiger partial charge on any atom is 0.410 e. The summed E-state index contributed by atoms with van der Waals surface area (Å²) in [5.41, 5.74) is 2.29. The molecule has 0 radical (unpaired) electrons. The van der Waals surface area contributed by atoms with Crippen LogP contribution in [0.1, 0.15) is 55.1 Å². The number of benzene rings is 1. The number of carbonyl (C=O) groups is 3. The van der Waals surface area contributed by atoms with Crippen molar-refractivity contribution in [3.05, 3.63) is 34.9 Å². The minimum absolute atomic E-state index is 0.000884. The highest BCUT2D eigenvalue weighted by molar-refractivity contribution is 5.95. The largest absolute Gasteiger partial charge is 0.444 e. The van der Waals surface area contributed by atoms with Crippen LogP contribution in [0, 0.1) is 19.8 Å². The fourth-order valence-electron chi connectivity index (χ4n) is 4.34. The van der Waals surface area contributed by atoms with E-state index in [1.54, 1.807) is 4.90 Å². The van der Waals surface area contributed by atoms with Gasteiger partial charge in [0.25, 0.3) is 5.91 Å². The first-order valence-electron chi connectivity index (χ1n) is 11.2. The number of nitrogens with zero attached hydrogens (tertiary/aromatic N) is 3. The van der Waals surface area contributed by atoms with E-state index in [4.69, 9.17) is 4.74 Å². The van der Waals surface area contributed by atoms with Crippen LogP contribution in [0.15, 0.2) is 18.2 Å². The second-order valence-electron chi connectivity index (χ2n) is 9.76. The van der Waals surface area contributed by atoms with Gasteiger partial charge in [-0.3, -0.25) is 9.59 Å². The molecule has 2 saturated heterocycles. The molecule has 0 spiro atoms. The Morgan fingerprint density at radius 3 is 2.03 bits per heavy atom. The van der Waals surface area contributed by atoms with Crippen molar-refractivity contribution in [2.45, 2.75) is 53.1 Å². The number of likely N-dealkylation sites (tertiary alicyclic amines) is 1. The molecule has 0 aromatic heterocycles. The van der Waals surface area contributed by atoms with Crippen molar-refractivity contribution in [3.63, 3.8) is 0 Å². The van der Waals surface area contributed by atoms with Crippen LogP contribution in [0.4, 0.5) is 4.79 Å². The van der Waals surface area contributed by atoms with Gasteiger partial charge in [-0.15, -0.1) is 0 Å². The summed E-state index contributed by atoms with van der Waals surface area (Å²) in [7, 11) is 0. The van der Waals surface area contributed by atoms with Gasteiger partial charge in [-0.25, -0.2) is 4.79 Å². The number of piperazine rings is 1. The Kier molecular flexibility index (Phi) is 6.92. The van der Waals surface area contributed by atoms with Crippen LogP contribution in [-0.4, -0.2) is 77.5 Å². The Morgan fingerprint density at radius 2 is 1.45 bits per heavy atom. The minimum atomic E-state index is -0.530. The predicted molar refractivity (Wildman–Crippen MR) is 119 cm³/mol. The topological polar surface area (TPSA) is 70.2 Å². The average Bonchev–Trinajstić information content (AvgIpc) is 2.71. The molecule has 2 aliphatic heterocycles. The van der Waals surface area contributed by atoms with Crippen molar-refractivity contribution < 1.29 is 19.1 Å². The zero-order chi connectivity index (χ0) is 22.8. The van der Waals surface area contributed by atoms with E-state index in [9.17, 15) is 14.4 Å². The van der Waals surface area contributed by atoms with Gasteiger partial charge >= 0.3 is 6.09 Å². The highest BCUT2D eigenvalue weighted by Crippen LogP contribution is 2.22. The Balaban J connectivity index is 1.56. The minimum Gasteiger partial charge on any atom is -0.444 e. The second kappa shape index (κ2) is 9.28. The second-order valence-corrected chi connectivity index (χ2v) is 9.76. The van der Waals surface area contributed by atoms with E-state index >= 15 is 0 Å². The van der Waals surface area contributed by atoms with Crippen LogP contribution >= 0.6 is 0 Å². The van der Waals surface area contributed by atoms with Crippen LogP contribution in [0.5, 0.6) is 0 Å². The van der Waals surface area contributed by atoms with Crippen molar-refractivity contribution in [2.75, 3.05) is 39.3 Å². The molecule has 2 aliphatic rings. The lowest BCUT2D eigenvalue weighted by atomic mass is 9.95. The summed E-state index contributed by atoms with van der Waals surface area (Å²) in [4.78, 5) is 43.7. The van der Waals surface area contributed by atoms with Gasteiger partial charge in [0.15, 0.2) is 0 Å². The zero-order valence-electron chi connectivity index (χ0n) is 19.4. The summed E-state index contributed by atoms with van der Waals surface area (Å²) >= 11 is 0. The molecule has 2 fully saturated rings. The van der Waals surface area contributed by atoms with Crippen molar-refractivity contribution in [2.24, 2.45) is 5.92 Å². The van der Waals surface area contributed by atoms with Crippen molar-refractivity contribution >= 4 is 17.9 Å². The summed E-state index contributed by atoms with van der Waals surface area (Å²) in [6.45, 7) is 12.6. The first kappa shape index (κ1) is 23.1. The van der Waals surface area contributed by atoms with Gasteiger partial charge in [0.05, 0.1) is 5.92 Å². The predicted octanol–water partition coefficient (Wildman–Crippen LogP) is 3.23. The molecule has 31 heavy (non-hydrogen) atoms. The van der Waals surface area contributed by atoms with E-state index in [1.165, 1.54) is 0 Å². The normalized spacial score (nSPS) is 19.9. The Morgan fingerprint density at radius 1 is 0.871 bits per heavy atom. The molecule has 0 unspecified atom stereocenters. The summed E-state index contributed by atoms with van der Waals surface area (Å²) < 4.78 is 5.43. The van der Waals surface area contributed by atoms with Gasteiger partial charge in [0.2, 0.25) is 5.91 Å². The third kappa shape index (κ3) is 5.99. The molecule has 7 nitrogen and oxygen atoms in total. The monoisotopic (exact) mass is 429 g/mol. The molecule has 3 amide bonds. The van der Waals surface area contributed by atoms with Crippen LogP contribution in [0.3, 0.4) is 0 Å². The van der Waals surface area contributed by atoms with E-state index < -0.39 is 5.60 Å². The molecule has 7 heteroatoms. The van der Waals surface area contributed by atoms with Gasteiger partial charge < -0.3 is 19.4 Å². The fourth-order valence-corrected chi connectivity index (χ4v) is 4.34. The number of amides is 3. The van der Waals surface area contributed by atoms with Crippen molar-refractivity contribution in [3.8, 4) is 0 Å². The van der Waals surface area contributed by atoms with Gasteiger partial charge in [-0.1, -0.05) is 17.2 Å². The number of hydrogen-bond donors (Lipinski definition) is 0. The zero-order valence-corrected chi connectivity index (χ0v) is 19.4. The lowest BCUT2D eigenvalue weighted by molar-refractivity contribution is -0.138. The van der Waals surface area contributed by atoms with Gasteiger partial charge in [-0.05, 0) is 59.6 Å². The summed E-state index contributed by atoms with van der Waals surface area (Å²) in [5, 5.41) is 0. The molecule has 1 aromatic carbocycles. The highest BCUT2D eigenvalue weighted by atomic mass is 16.6. The van der Waals surface area contributed by atoms with E-state index in [0.717, 1.165) is 24.0 Å². The quantitative estimate of drug-likeness (QED) is 0.724. The first-order chi connectivity index (χ1) is 14.5. The number of carbonyl (C=O) groups excluding carboxylic acids is 3. The van der Waals surface area contributed by atoms with E-state index in [-0.39, 0.29) is 23.8 Å². The maximum atomic E-state index is 13.1. The molecule has 2 heterocycles. The summed E-state index contributed by atoms with van der Waals surface area (Å²) in [5.74, 6) is -0.0995. The molecule has 0 bridgehead atoms. The molecule has 0 saturated carbocycles. The van der Waals surface area contributed by atoms with Gasteiger partial charge in [-0.2, -0.15) is 0 Å². The number of rotatable bonds is 2. The number of hydrogen-bond acceptors (Lipinski definition) is 4. The van der Waals surface area contributed by atoms with Crippen LogP contribution in [0.2, 0.25) is 0 Å². The molecule has 0 N–H and O–H groups in total. The molecular weight excluding hydrogens is 394 g/mol. The van der Waals surface area contributed by atoms with Gasteiger partial charge in [0, 0.05) is 44.8 Å². The average molecular weight is 430 g/mol. The van der Waals surface area contributed by atoms with Crippen LogP contribution in [-0.2, 0) is 9.53 Å². The van der Waals surface area contributed by atoms with Crippen LogP contribution < -0.4 is 0 Å². The lowest BCUT2D eigenvalue weighted by Crippen LogP contribution is -2.54. The highest BCUT2D eigenvalue weighted by Gasteiger charge is 2.34. The van der Waals surface area contributed by atoms with Crippen molar-refractivity contribution in [1.82, 2.24) is 14.7 Å². The smallest absolute Gasteiger partial charge is 0.410 e. The third-order valence-electron chi connectivity index (χ3n) is 5.77. The standard InChI is InChI=1S/C24H35N3O4/c1-17-13-18(2)15-20(14-17)22(29)27-8-6-7-19(16-27)21(28)25-9-11-26(12-10-25)23(30)31-24(3,4)5/h13-15,19H,6-12,16H2,1-5H3/t19-/m1/s1. The SMILES string of the molecule is Cc1cc(C)cc(C(=O)N2CCC[C@@H](C(=O)N3CCN(C(=O)OC(C)(C)C)CC3)C2)c1. The third-order valence-corrected chi connectivity index (χ3v) is 5.77. The number of aryl methyl sites for hydroxylation is 2. The Bertz CT molecular complexity index is 817. The van der Waals surface area contributed by atoms with E-state index in [2.05, 4.69) is 6.07 Å². The Hall–Kier alpha value is -2.57. The van der Waals surface area contributed by atoms with Gasteiger partial charge in [0.1, 0.15) is 5.60 Å².